The van der Waals surface area contributed by atoms with E-state index in [1.54, 1.807) is 22.4 Å². The molecule has 3 amide bonds. The van der Waals surface area contributed by atoms with E-state index in [0.29, 0.717) is 31.1 Å². The number of amides is 3. The van der Waals surface area contributed by atoms with Crippen LogP contribution in [0.15, 0.2) is 11.7 Å². The molecule has 0 aliphatic carbocycles. The van der Waals surface area contributed by atoms with E-state index in [0.717, 1.165) is 0 Å². The molecule has 0 aromatic carbocycles. The lowest BCUT2D eigenvalue weighted by Crippen LogP contribution is -2.41. The summed E-state index contributed by atoms with van der Waals surface area (Å²) in [5.41, 5.74) is 1.60. The summed E-state index contributed by atoms with van der Waals surface area (Å²) < 4.78 is 0. The SMILES string of the molecule is CNC(=O)[C@@H]1CN(C(C)=O)CCN(C(=O)c2cncs2)C1. The van der Waals surface area contributed by atoms with E-state index in [4.69, 9.17) is 0 Å². The van der Waals surface area contributed by atoms with Gasteiger partial charge in [0.25, 0.3) is 5.91 Å². The number of hydrogen-bond acceptors (Lipinski definition) is 5. The van der Waals surface area contributed by atoms with Crippen LogP contribution in [-0.2, 0) is 9.59 Å². The van der Waals surface area contributed by atoms with Crippen molar-refractivity contribution in [2.45, 2.75) is 6.92 Å². The van der Waals surface area contributed by atoms with E-state index >= 15 is 0 Å². The first kappa shape index (κ1) is 15.4. The minimum Gasteiger partial charge on any atom is -0.359 e. The fourth-order valence-corrected chi connectivity index (χ4v) is 2.92. The summed E-state index contributed by atoms with van der Waals surface area (Å²) in [6.45, 7) is 2.97. The van der Waals surface area contributed by atoms with Crippen LogP contribution in [-0.4, -0.2) is 65.7 Å². The van der Waals surface area contributed by atoms with Crippen molar-refractivity contribution in [2.24, 2.45) is 5.92 Å². The van der Waals surface area contributed by atoms with Gasteiger partial charge in [-0.05, 0) is 0 Å². The third-order valence-electron chi connectivity index (χ3n) is 3.51. The van der Waals surface area contributed by atoms with E-state index in [1.807, 2.05) is 0 Å². The maximum Gasteiger partial charge on any atom is 0.265 e. The Morgan fingerprint density at radius 2 is 1.95 bits per heavy atom. The highest BCUT2D eigenvalue weighted by molar-refractivity contribution is 7.11. The van der Waals surface area contributed by atoms with Crippen molar-refractivity contribution in [3.8, 4) is 0 Å². The maximum atomic E-state index is 12.4. The molecule has 0 spiro atoms. The fourth-order valence-electron chi connectivity index (χ4n) is 2.33. The van der Waals surface area contributed by atoms with E-state index in [2.05, 4.69) is 10.3 Å². The Hall–Kier alpha value is -1.96. The number of aromatic nitrogens is 1. The minimum absolute atomic E-state index is 0.0870. The molecule has 1 aromatic rings. The first-order valence-electron chi connectivity index (χ1n) is 6.67. The van der Waals surface area contributed by atoms with Crippen molar-refractivity contribution in [3.63, 3.8) is 0 Å². The average molecular weight is 310 g/mol. The van der Waals surface area contributed by atoms with Crippen LogP contribution in [0.4, 0.5) is 0 Å². The molecule has 21 heavy (non-hydrogen) atoms. The van der Waals surface area contributed by atoms with Gasteiger partial charge in [0.1, 0.15) is 4.88 Å². The number of carbonyl (C=O) groups excluding carboxylic acids is 3. The first-order valence-corrected chi connectivity index (χ1v) is 7.55. The van der Waals surface area contributed by atoms with Crippen LogP contribution in [0, 0.1) is 5.92 Å². The van der Waals surface area contributed by atoms with E-state index < -0.39 is 5.92 Å². The van der Waals surface area contributed by atoms with Gasteiger partial charge in [-0.25, -0.2) is 0 Å². The van der Waals surface area contributed by atoms with Crippen LogP contribution in [0.2, 0.25) is 0 Å². The molecule has 1 fully saturated rings. The number of rotatable bonds is 2. The molecule has 0 bridgehead atoms. The summed E-state index contributed by atoms with van der Waals surface area (Å²) >= 11 is 1.27. The Bertz CT molecular complexity index is 532. The third-order valence-corrected chi connectivity index (χ3v) is 4.28. The minimum atomic E-state index is -0.418. The highest BCUT2D eigenvalue weighted by atomic mass is 32.1. The van der Waals surface area contributed by atoms with Crippen LogP contribution in [0.5, 0.6) is 0 Å². The summed E-state index contributed by atoms with van der Waals surface area (Å²) in [4.78, 5) is 43.6. The quantitative estimate of drug-likeness (QED) is 0.821. The van der Waals surface area contributed by atoms with Gasteiger partial charge in [0.15, 0.2) is 0 Å². The predicted octanol–water partition coefficient (Wildman–Crippen LogP) is -0.190. The van der Waals surface area contributed by atoms with Crippen molar-refractivity contribution in [1.82, 2.24) is 20.1 Å². The highest BCUT2D eigenvalue weighted by Crippen LogP contribution is 2.15. The Kier molecular flexibility index (Phi) is 4.89. The molecular weight excluding hydrogens is 292 g/mol. The Balaban J connectivity index is 2.17. The monoisotopic (exact) mass is 310 g/mol. The maximum absolute atomic E-state index is 12.4. The Morgan fingerprint density at radius 1 is 1.29 bits per heavy atom. The van der Waals surface area contributed by atoms with Crippen LogP contribution in [0.3, 0.4) is 0 Å². The molecule has 1 N–H and O–H groups in total. The number of nitrogens with zero attached hydrogens (tertiary/aromatic N) is 3. The molecule has 0 radical (unpaired) electrons. The summed E-state index contributed by atoms with van der Waals surface area (Å²) in [7, 11) is 1.56. The van der Waals surface area contributed by atoms with Crippen LogP contribution >= 0.6 is 11.3 Å². The van der Waals surface area contributed by atoms with Gasteiger partial charge in [0.2, 0.25) is 11.8 Å². The van der Waals surface area contributed by atoms with Crippen molar-refractivity contribution < 1.29 is 14.4 Å². The molecule has 0 saturated carbocycles. The molecule has 1 atom stereocenters. The van der Waals surface area contributed by atoms with Crippen molar-refractivity contribution in [3.05, 3.63) is 16.6 Å². The van der Waals surface area contributed by atoms with Gasteiger partial charge in [0.05, 0.1) is 17.6 Å². The number of thiazole rings is 1. The molecule has 8 heteroatoms. The lowest BCUT2D eigenvalue weighted by Gasteiger charge is -2.22. The Morgan fingerprint density at radius 3 is 2.52 bits per heavy atom. The standard InChI is InChI=1S/C13H18N4O3S/c1-9(18)16-3-4-17(7-10(6-16)12(19)14-2)13(20)11-5-15-8-21-11/h5,8,10H,3-4,6-7H2,1-2H3,(H,14,19)/t10-/m1/s1. The molecular formula is C13H18N4O3S. The Labute approximate surface area is 126 Å². The molecule has 1 aliphatic heterocycles. The van der Waals surface area contributed by atoms with Crippen molar-refractivity contribution >= 4 is 29.1 Å². The highest BCUT2D eigenvalue weighted by Gasteiger charge is 2.31. The third kappa shape index (κ3) is 3.57. The van der Waals surface area contributed by atoms with E-state index in [-0.39, 0.29) is 17.7 Å². The van der Waals surface area contributed by atoms with Crippen molar-refractivity contribution in [2.75, 3.05) is 33.2 Å². The van der Waals surface area contributed by atoms with Crippen LogP contribution < -0.4 is 5.32 Å². The molecule has 2 rings (SSSR count). The van der Waals surface area contributed by atoms with E-state index in [9.17, 15) is 14.4 Å². The molecule has 114 valence electrons. The largest absolute Gasteiger partial charge is 0.359 e. The lowest BCUT2D eigenvalue weighted by atomic mass is 10.1. The summed E-state index contributed by atoms with van der Waals surface area (Å²) in [5.74, 6) is -0.809. The molecule has 2 heterocycles. The molecule has 1 aliphatic rings. The van der Waals surface area contributed by atoms with Gasteiger partial charge in [-0.1, -0.05) is 0 Å². The average Bonchev–Trinajstić information content (AvgIpc) is 2.91. The normalized spacial score (nSPS) is 19.0. The second kappa shape index (κ2) is 6.66. The molecule has 0 unspecified atom stereocenters. The lowest BCUT2D eigenvalue weighted by molar-refractivity contribution is -0.130. The van der Waals surface area contributed by atoms with Crippen molar-refractivity contribution in [1.29, 1.82) is 0 Å². The summed E-state index contributed by atoms with van der Waals surface area (Å²) in [6.07, 6.45) is 1.52. The number of carbonyl (C=O) groups is 3. The second-order valence-electron chi connectivity index (χ2n) is 4.89. The fraction of sp³-hybridized carbons (Fsp3) is 0.538. The zero-order valence-electron chi connectivity index (χ0n) is 12.0. The second-order valence-corrected chi connectivity index (χ2v) is 5.78. The van der Waals surface area contributed by atoms with Gasteiger partial charge in [-0.15, -0.1) is 11.3 Å². The summed E-state index contributed by atoms with van der Waals surface area (Å²) in [5, 5.41) is 2.59. The van der Waals surface area contributed by atoms with E-state index in [1.165, 1.54) is 24.5 Å². The van der Waals surface area contributed by atoms with Crippen LogP contribution in [0.25, 0.3) is 0 Å². The van der Waals surface area contributed by atoms with Gasteiger partial charge in [-0.2, -0.15) is 0 Å². The molecule has 1 saturated heterocycles. The topological polar surface area (TPSA) is 82.6 Å². The van der Waals surface area contributed by atoms with Crippen LogP contribution in [0.1, 0.15) is 16.6 Å². The smallest absolute Gasteiger partial charge is 0.265 e. The van der Waals surface area contributed by atoms with Gasteiger partial charge < -0.3 is 15.1 Å². The number of hydrogen-bond donors (Lipinski definition) is 1. The zero-order chi connectivity index (χ0) is 15.4. The number of nitrogens with one attached hydrogen (secondary N) is 1. The first-order chi connectivity index (χ1) is 10.0. The zero-order valence-corrected chi connectivity index (χ0v) is 12.9. The van der Waals surface area contributed by atoms with Gasteiger partial charge in [0, 0.05) is 40.2 Å². The van der Waals surface area contributed by atoms with Gasteiger partial charge >= 0.3 is 0 Å². The summed E-state index contributed by atoms with van der Waals surface area (Å²) in [6, 6.07) is 0. The molecule has 1 aromatic heterocycles. The molecule has 7 nitrogen and oxygen atoms in total. The van der Waals surface area contributed by atoms with Gasteiger partial charge in [-0.3, -0.25) is 19.4 Å². The predicted molar refractivity (Wildman–Crippen MR) is 77.8 cm³/mol.